The van der Waals surface area contributed by atoms with Gasteiger partial charge in [-0.3, -0.25) is 0 Å². The molecule has 2 aromatic rings. The molecule has 2 aromatic carbocycles. The van der Waals surface area contributed by atoms with Crippen LogP contribution in [0.1, 0.15) is 24.5 Å². The zero-order valence-corrected chi connectivity index (χ0v) is 14.2. The zero-order valence-electron chi connectivity index (χ0n) is 13.4. The Hall–Kier alpha value is -1.81. The predicted molar refractivity (Wildman–Crippen MR) is 92.1 cm³/mol. The van der Waals surface area contributed by atoms with Crippen molar-refractivity contribution in [1.82, 2.24) is 0 Å². The molecule has 0 fully saturated rings. The Kier molecular flexibility index (Phi) is 5.24. The number of aryl methyl sites for hydroxylation is 1. The Balaban J connectivity index is 2.36. The third kappa shape index (κ3) is 3.89. The van der Waals surface area contributed by atoms with Crippen LogP contribution < -0.4 is 4.90 Å². The standard InChI is InChI=1S/C18H23NO2S/c1-4-12-19(3)17-11-10-15(2)18(13-17)22(20,21)14-16-8-6-5-7-9-16/h5-11,13H,4,12,14H2,1-3H3. The lowest BCUT2D eigenvalue weighted by Crippen LogP contribution is -2.18. The molecule has 0 heterocycles. The van der Waals surface area contributed by atoms with Crippen LogP contribution in [0.25, 0.3) is 0 Å². The predicted octanol–water partition coefficient (Wildman–Crippen LogP) is 3.82. The van der Waals surface area contributed by atoms with Crippen molar-refractivity contribution in [1.29, 1.82) is 0 Å². The lowest BCUT2D eigenvalue weighted by atomic mass is 10.2. The van der Waals surface area contributed by atoms with Gasteiger partial charge >= 0.3 is 0 Å². The molecule has 2 rings (SSSR count). The third-order valence-corrected chi connectivity index (χ3v) is 5.53. The lowest BCUT2D eigenvalue weighted by molar-refractivity contribution is 0.594. The Bertz CT molecular complexity index is 724. The number of benzene rings is 2. The number of hydrogen-bond donors (Lipinski definition) is 0. The smallest absolute Gasteiger partial charge is 0.182 e. The molecule has 0 bridgehead atoms. The normalized spacial score (nSPS) is 11.4. The molecule has 0 N–H and O–H groups in total. The zero-order chi connectivity index (χ0) is 16.2. The molecule has 0 spiro atoms. The first-order valence-corrected chi connectivity index (χ1v) is 9.17. The Morgan fingerprint density at radius 3 is 2.36 bits per heavy atom. The molecule has 0 aliphatic rings. The Labute approximate surface area is 133 Å². The van der Waals surface area contributed by atoms with Gasteiger partial charge in [-0.1, -0.05) is 43.3 Å². The quantitative estimate of drug-likeness (QED) is 0.813. The van der Waals surface area contributed by atoms with Gasteiger partial charge in [0.2, 0.25) is 0 Å². The highest BCUT2D eigenvalue weighted by atomic mass is 32.2. The summed E-state index contributed by atoms with van der Waals surface area (Å²) in [5.41, 5.74) is 2.55. The average molecular weight is 317 g/mol. The van der Waals surface area contributed by atoms with Crippen molar-refractivity contribution in [3.8, 4) is 0 Å². The van der Waals surface area contributed by atoms with Crippen LogP contribution in [0.4, 0.5) is 5.69 Å². The van der Waals surface area contributed by atoms with Gasteiger partial charge in [0.15, 0.2) is 9.84 Å². The first-order chi connectivity index (χ1) is 10.4. The number of anilines is 1. The minimum absolute atomic E-state index is 0.0373. The molecule has 0 aromatic heterocycles. The molecule has 0 saturated carbocycles. The second kappa shape index (κ2) is 6.97. The maximum absolute atomic E-state index is 12.7. The largest absolute Gasteiger partial charge is 0.375 e. The minimum Gasteiger partial charge on any atom is -0.375 e. The van der Waals surface area contributed by atoms with Crippen molar-refractivity contribution in [2.24, 2.45) is 0 Å². The van der Waals surface area contributed by atoms with E-state index in [4.69, 9.17) is 0 Å². The molecule has 4 heteroatoms. The fourth-order valence-corrected chi connectivity index (χ4v) is 4.14. The first kappa shape index (κ1) is 16.6. The van der Waals surface area contributed by atoms with Gasteiger partial charge in [0.05, 0.1) is 10.6 Å². The summed E-state index contributed by atoms with van der Waals surface area (Å²) in [5, 5.41) is 0. The van der Waals surface area contributed by atoms with E-state index in [1.807, 2.05) is 56.4 Å². The summed E-state index contributed by atoms with van der Waals surface area (Å²) in [6, 6.07) is 15.0. The van der Waals surface area contributed by atoms with Crippen LogP contribution in [-0.2, 0) is 15.6 Å². The molecule has 0 unspecified atom stereocenters. The van der Waals surface area contributed by atoms with E-state index in [-0.39, 0.29) is 5.75 Å². The van der Waals surface area contributed by atoms with Crippen molar-refractivity contribution < 1.29 is 8.42 Å². The number of rotatable bonds is 6. The van der Waals surface area contributed by atoms with E-state index in [1.54, 1.807) is 6.07 Å². The topological polar surface area (TPSA) is 37.4 Å². The molecule has 3 nitrogen and oxygen atoms in total. The Morgan fingerprint density at radius 2 is 1.73 bits per heavy atom. The van der Waals surface area contributed by atoms with Gasteiger partial charge in [0, 0.05) is 19.3 Å². The van der Waals surface area contributed by atoms with E-state index in [0.29, 0.717) is 4.90 Å². The summed E-state index contributed by atoms with van der Waals surface area (Å²) in [6.07, 6.45) is 1.02. The van der Waals surface area contributed by atoms with Crippen molar-refractivity contribution in [3.05, 3.63) is 59.7 Å². The summed E-state index contributed by atoms with van der Waals surface area (Å²) in [6.45, 7) is 4.86. The highest BCUT2D eigenvalue weighted by Crippen LogP contribution is 2.25. The highest BCUT2D eigenvalue weighted by molar-refractivity contribution is 7.90. The fraction of sp³-hybridized carbons (Fsp3) is 0.333. The third-order valence-electron chi connectivity index (χ3n) is 3.71. The lowest BCUT2D eigenvalue weighted by Gasteiger charge is -2.20. The van der Waals surface area contributed by atoms with Crippen molar-refractivity contribution >= 4 is 15.5 Å². The van der Waals surface area contributed by atoms with Crippen LogP contribution in [0.2, 0.25) is 0 Å². The van der Waals surface area contributed by atoms with Crippen molar-refractivity contribution in [2.75, 3.05) is 18.5 Å². The van der Waals surface area contributed by atoms with Crippen LogP contribution in [-0.4, -0.2) is 22.0 Å². The molecule has 0 aliphatic carbocycles. The van der Waals surface area contributed by atoms with Crippen LogP contribution in [0, 0.1) is 6.92 Å². The molecule has 0 aliphatic heterocycles. The fourth-order valence-electron chi connectivity index (χ4n) is 2.50. The molecule has 0 amide bonds. The maximum atomic E-state index is 12.7. The highest BCUT2D eigenvalue weighted by Gasteiger charge is 2.19. The first-order valence-electron chi connectivity index (χ1n) is 7.52. The molecule has 0 saturated heterocycles. The molecule has 0 radical (unpaired) electrons. The minimum atomic E-state index is -3.34. The summed E-state index contributed by atoms with van der Waals surface area (Å²) >= 11 is 0. The van der Waals surface area contributed by atoms with Crippen LogP contribution >= 0.6 is 0 Å². The summed E-state index contributed by atoms with van der Waals surface area (Å²) in [4.78, 5) is 2.51. The molecule has 0 atom stereocenters. The van der Waals surface area contributed by atoms with Crippen molar-refractivity contribution in [2.45, 2.75) is 30.9 Å². The number of nitrogens with zero attached hydrogens (tertiary/aromatic N) is 1. The Morgan fingerprint density at radius 1 is 1.05 bits per heavy atom. The van der Waals surface area contributed by atoms with Gasteiger partial charge in [-0.2, -0.15) is 0 Å². The van der Waals surface area contributed by atoms with Crippen molar-refractivity contribution in [3.63, 3.8) is 0 Å². The average Bonchev–Trinajstić information content (AvgIpc) is 2.48. The van der Waals surface area contributed by atoms with E-state index >= 15 is 0 Å². The molecule has 118 valence electrons. The van der Waals surface area contributed by atoms with E-state index in [1.165, 1.54) is 0 Å². The second-order valence-electron chi connectivity index (χ2n) is 5.62. The number of sulfone groups is 1. The molecular weight excluding hydrogens is 294 g/mol. The van der Waals surface area contributed by atoms with E-state index < -0.39 is 9.84 Å². The van der Waals surface area contributed by atoms with E-state index in [2.05, 4.69) is 11.8 Å². The SMILES string of the molecule is CCCN(C)c1ccc(C)c(S(=O)(=O)Cc2ccccc2)c1. The van der Waals surface area contributed by atoms with Gasteiger partial charge < -0.3 is 4.90 Å². The van der Waals surface area contributed by atoms with Crippen LogP contribution in [0.5, 0.6) is 0 Å². The van der Waals surface area contributed by atoms with Gasteiger partial charge in [-0.25, -0.2) is 8.42 Å². The van der Waals surface area contributed by atoms with E-state index in [0.717, 1.165) is 29.8 Å². The monoisotopic (exact) mass is 317 g/mol. The second-order valence-corrected chi connectivity index (χ2v) is 7.57. The van der Waals surface area contributed by atoms with Crippen LogP contribution in [0.3, 0.4) is 0 Å². The maximum Gasteiger partial charge on any atom is 0.182 e. The van der Waals surface area contributed by atoms with Gasteiger partial charge in [0.25, 0.3) is 0 Å². The number of hydrogen-bond acceptors (Lipinski definition) is 3. The van der Waals surface area contributed by atoms with E-state index in [9.17, 15) is 8.42 Å². The summed E-state index contributed by atoms with van der Waals surface area (Å²) < 4.78 is 25.5. The molecule has 22 heavy (non-hydrogen) atoms. The van der Waals surface area contributed by atoms with Gasteiger partial charge in [0.1, 0.15) is 0 Å². The summed E-state index contributed by atoms with van der Waals surface area (Å²) in [5.74, 6) is 0.0373. The summed E-state index contributed by atoms with van der Waals surface area (Å²) in [7, 11) is -1.35. The van der Waals surface area contributed by atoms with Gasteiger partial charge in [-0.15, -0.1) is 0 Å². The van der Waals surface area contributed by atoms with Crippen LogP contribution in [0.15, 0.2) is 53.4 Å². The molecular formula is C18H23NO2S. The van der Waals surface area contributed by atoms with Gasteiger partial charge in [-0.05, 0) is 36.6 Å².